The lowest BCUT2D eigenvalue weighted by atomic mass is 9.79. The zero-order chi connectivity index (χ0) is 23.8. The average Bonchev–Trinajstić information content (AvgIpc) is 2.48. The van der Waals surface area contributed by atoms with Crippen LogP contribution < -0.4 is 0 Å². The fourth-order valence-electron chi connectivity index (χ4n) is 3.34. The van der Waals surface area contributed by atoms with Gasteiger partial charge in [-0.05, 0) is 46.7 Å². The van der Waals surface area contributed by atoms with Crippen LogP contribution in [0.2, 0.25) is 19.6 Å². The molecule has 0 radical (unpaired) electrons. The molecule has 6 nitrogen and oxygen atoms in total. The van der Waals surface area contributed by atoms with Gasteiger partial charge in [0.25, 0.3) is 0 Å². The topological polar surface area (TPSA) is 72.9 Å². The molecule has 170 valence electrons. The molecule has 0 spiro atoms. The van der Waals surface area contributed by atoms with Crippen molar-refractivity contribution < 1.29 is 23.9 Å². The Morgan fingerprint density at radius 2 is 1.33 bits per heavy atom. The Balaban J connectivity index is 3.81. The van der Waals surface area contributed by atoms with Crippen LogP contribution in [-0.2, 0) is 23.9 Å². The maximum Gasteiger partial charge on any atom is 0.339 e. The Labute approximate surface area is 182 Å². The first-order chi connectivity index (χ1) is 13.3. The molecule has 0 aromatic rings. The van der Waals surface area contributed by atoms with Crippen LogP contribution in [0.25, 0.3) is 0 Å². The highest BCUT2D eigenvalue weighted by Crippen LogP contribution is 2.40. The average molecular weight is 438 g/mol. The van der Waals surface area contributed by atoms with Crippen LogP contribution >= 0.6 is 0 Å². The van der Waals surface area contributed by atoms with Gasteiger partial charge in [-0.2, -0.15) is 0 Å². The lowest BCUT2D eigenvalue weighted by molar-refractivity contribution is -0.154. The number of nitrogens with zero attached hydrogens (tertiary/aromatic N) is 1. The Kier molecular flexibility index (Phi) is 7.57. The highest BCUT2D eigenvalue weighted by Gasteiger charge is 2.44. The number of amides is 1. The van der Waals surface area contributed by atoms with E-state index in [2.05, 4.69) is 19.6 Å². The molecule has 0 unspecified atom stereocenters. The molecular weight excluding hydrogens is 398 g/mol. The number of rotatable bonds is 4. The van der Waals surface area contributed by atoms with Gasteiger partial charge in [-0.1, -0.05) is 32.6 Å². The Morgan fingerprint density at radius 3 is 1.70 bits per heavy atom. The second-order valence-corrected chi connectivity index (χ2v) is 16.2. The van der Waals surface area contributed by atoms with Crippen molar-refractivity contribution in [3.05, 3.63) is 22.4 Å². The van der Waals surface area contributed by atoms with Crippen LogP contribution in [0, 0.1) is 11.8 Å². The van der Waals surface area contributed by atoms with Crippen LogP contribution in [0.3, 0.4) is 0 Å². The summed E-state index contributed by atoms with van der Waals surface area (Å²) in [5.74, 6) is -2.29. The lowest BCUT2D eigenvalue weighted by Crippen LogP contribution is -2.43. The summed E-state index contributed by atoms with van der Waals surface area (Å²) in [6.07, 6.45) is 1.88. The Morgan fingerprint density at radius 1 is 0.900 bits per heavy atom. The minimum absolute atomic E-state index is 0.109. The largest absolute Gasteiger partial charge is 0.457 e. The molecule has 0 fully saturated rings. The fourth-order valence-corrected chi connectivity index (χ4v) is 5.00. The SMILES string of the molecule is C[C@H]1C(C(=O)OC(C)(C)C)=C(C(=O)OC(C)(C)C)C([Si](C)(C)C)=C[C@@H]1C(=O)N(C)C. The van der Waals surface area contributed by atoms with E-state index in [0.29, 0.717) is 0 Å². The van der Waals surface area contributed by atoms with Crippen molar-refractivity contribution in [1.29, 1.82) is 0 Å². The summed E-state index contributed by atoms with van der Waals surface area (Å²) in [4.78, 5) is 41.1. The van der Waals surface area contributed by atoms with E-state index >= 15 is 0 Å². The fraction of sp³-hybridized carbons (Fsp3) is 0.696. The summed E-state index contributed by atoms with van der Waals surface area (Å²) in [6, 6.07) is 0. The van der Waals surface area contributed by atoms with Gasteiger partial charge >= 0.3 is 11.9 Å². The predicted octanol–water partition coefficient (Wildman–Crippen LogP) is 4.12. The maximum atomic E-state index is 13.3. The van der Waals surface area contributed by atoms with Crippen LogP contribution in [0.1, 0.15) is 48.5 Å². The molecular formula is C23H39NO5Si. The number of carbonyl (C=O) groups excluding carboxylic acids is 3. The van der Waals surface area contributed by atoms with E-state index in [9.17, 15) is 14.4 Å². The molecule has 0 heterocycles. The lowest BCUT2D eigenvalue weighted by Gasteiger charge is -2.36. The smallest absolute Gasteiger partial charge is 0.339 e. The third-order valence-electron chi connectivity index (χ3n) is 4.63. The van der Waals surface area contributed by atoms with E-state index in [1.165, 1.54) is 4.90 Å². The number of carbonyl (C=O) groups is 3. The number of esters is 2. The van der Waals surface area contributed by atoms with E-state index in [0.717, 1.165) is 5.20 Å². The number of hydrogen-bond acceptors (Lipinski definition) is 5. The van der Waals surface area contributed by atoms with Gasteiger partial charge in [0, 0.05) is 20.0 Å². The quantitative estimate of drug-likeness (QED) is 0.488. The highest BCUT2D eigenvalue weighted by molar-refractivity contribution is 6.84. The van der Waals surface area contributed by atoms with E-state index < -0.39 is 43.1 Å². The van der Waals surface area contributed by atoms with Crippen molar-refractivity contribution in [1.82, 2.24) is 4.90 Å². The third kappa shape index (κ3) is 6.55. The van der Waals surface area contributed by atoms with Crippen LogP contribution in [-0.4, -0.2) is 56.1 Å². The molecule has 0 aromatic heterocycles. The summed E-state index contributed by atoms with van der Waals surface area (Å²) in [6.45, 7) is 18.8. The molecule has 2 atom stereocenters. The second-order valence-electron chi connectivity index (χ2n) is 11.2. The molecule has 0 aromatic carbocycles. The molecule has 0 N–H and O–H groups in total. The molecule has 0 saturated heterocycles. The van der Waals surface area contributed by atoms with Crippen molar-refractivity contribution >= 4 is 25.9 Å². The van der Waals surface area contributed by atoms with Crippen molar-refractivity contribution in [3.8, 4) is 0 Å². The first-order valence-corrected chi connectivity index (χ1v) is 13.9. The molecule has 1 amide bonds. The van der Waals surface area contributed by atoms with Crippen molar-refractivity contribution in [2.75, 3.05) is 14.1 Å². The van der Waals surface area contributed by atoms with Crippen molar-refractivity contribution in [3.63, 3.8) is 0 Å². The molecule has 30 heavy (non-hydrogen) atoms. The van der Waals surface area contributed by atoms with Gasteiger partial charge in [-0.15, -0.1) is 0 Å². The van der Waals surface area contributed by atoms with Gasteiger partial charge in [0.05, 0.1) is 25.1 Å². The Bertz CT molecular complexity index is 773. The van der Waals surface area contributed by atoms with Gasteiger partial charge in [-0.25, -0.2) is 9.59 Å². The summed E-state index contributed by atoms with van der Waals surface area (Å²) in [5, 5.41) is 0.760. The minimum Gasteiger partial charge on any atom is -0.457 e. The van der Waals surface area contributed by atoms with Gasteiger partial charge in [-0.3, -0.25) is 4.79 Å². The van der Waals surface area contributed by atoms with Crippen molar-refractivity contribution in [2.45, 2.75) is 79.3 Å². The maximum absolute atomic E-state index is 13.3. The molecule has 0 saturated carbocycles. The van der Waals surface area contributed by atoms with Crippen LogP contribution in [0.15, 0.2) is 22.4 Å². The van der Waals surface area contributed by atoms with E-state index in [-0.39, 0.29) is 17.1 Å². The highest BCUT2D eigenvalue weighted by atomic mass is 28.3. The third-order valence-corrected chi connectivity index (χ3v) is 6.67. The normalized spacial score (nSPS) is 20.5. The molecule has 1 rings (SSSR count). The first-order valence-electron chi connectivity index (χ1n) is 10.4. The molecule has 1 aliphatic carbocycles. The van der Waals surface area contributed by atoms with Crippen LogP contribution in [0.5, 0.6) is 0 Å². The number of hydrogen-bond donors (Lipinski definition) is 0. The van der Waals surface area contributed by atoms with Gasteiger partial charge in [0.1, 0.15) is 11.2 Å². The molecule has 7 heteroatoms. The van der Waals surface area contributed by atoms with E-state index in [4.69, 9.17) is 9.47 Å². The summed E-state index contributed by atoms with van der Waals surface area (Å²) < 4.78 is 11.4. The van der Waals surface area contributed by atoms with Gasteiger partial charge in [0.15, 0.2) is 0 Å². The summed E-state index contributed by atoms with van der Waals surface area (Å²) in [5.41, 5.74) is -0.939. The molecule has 0 bridgehead atoms. The standard InChI is InChI=1S/C23H39NO5Si/c1-14-15(19(25)24(8)9)13-16(30(10,11)12)18(21(27)29-23(5,6)7)17(14)20(26)28-22(2,3)4/h13-15H,1-12H3/t14-,15+/m1/s1. The van der Waals surface area contributed by atoms with Gasteiger partial charge < -0.3 is 14.4 Å². The molecule has 1 aliphatic rings. The molecule has 0 aliphatic heterocycles. The number of ether oxygens (including phenoxy) is 2. The first kappa shape index (κ1) is 26.1. The summed E-state index contributed by atoms with van der Waals surface area (Å²) in [7, 11) is 1.25. The van der Waals surface area contributed by atoms with E-state index in [1.807, 2.05) is 6.08 Å². The van der Waals surface area contributed by atoms with Gasteiger partial charge in [0.2, 0.25) is 5.91 Å². The van der Waals surface area contributed by atoms with E-state index in [1.54, 1.807) is 62.6 Å². The second kappa shape index (κ2) is 8.69. The summed E-state index contributed by atoms with van der Waals surface area (Å²) >= 11 is 0. The van der Waals surface area contributed by atoms with Crippen LogP contribution in [0.4, 0.5) is 0 Å². The zero-order valence-corrected chi connectivity index (χ0v) is 21.7. The minimum atomic E-state index is -2.13. The van der Waals surface area contributed by atoms with Crippen molar-refractivity contribution in [2.24, 2.45) is 11.8 Å². The predicted molar refractivity (Wildman–Crippen MR) is 121 cm³/mol. The zero-order valence-electron chi connectivity index (χ0n) is 20.7. The Hall–Kier alpha value is -1.89. The monoisotopic (exact) mass is 437 g/mol.